The maximum absolute atomic E-state index is 13.1. The number of hydrogen-bond acceptors (Lipinski definition) is 15. The molecule has 0 heterocycles. The summed E-state index contributed by atoms with van der Waals surface area (Å²) in [4.78, 5) is 72.8. The van der Waals surface area contributed by atoms with Gasteiger partial charge in [0.1, 0.15) is 19.3 Å². The lowest BCUT2D eigenvalue weighted by Crippen LogP contribution is -2.30. The third kappa shape index (κ3) is 68.6. The van der Waals surface area contributed by atoms with Gasteiger partial charge in [0.05, 0.1) is 26.4 Å². The molecule has 94 heavy (non-hydrogen) atoms. The van der Waals surface area contributed by atoms with E-state index in [1.807, 2.05) is 0 Å². The lowest BCUT2D eigenvalue weighted by Gasteiger charge is -2.21. The zero-order valence-electron chi connectivity index (χ0n) is 60.9. The van der Waals surface area contributed by atoms with E-state index < -0.39 is 97.5 Å². The molecule has 3 N–H and O–H groups in total. The standard InChI is InChI=1S/C75H146O17P2/c1-5-9-13-17-21-25-29-33-36-40-44-48-52-56-60-73(78)86-66-71(92-75(80)62-58-54-50-46-42-38-35-31-27-23-19-15-11-7-3)68-90-94(83,84)88-64-69(76)63-87-93(81,82)89-67-70(65-85-72(77)59-55-51-47-43-39-32-28-24-20-16-12-8-4)91-74(79)61-57-53-49-45-41-37-34-30-26-22-18-14-10-6-2/h69-71,76H,5-68H2,1-4H3,(H,81,82)(H,83,84)/t69-,70+,71+/m0/s1. The highest BCUT2D eigenvalue weighted by Gasteiger charge is 2.30. The molecule has 2 unspecified atom stereocenters. The van der Waals surface area contributed by atoms with Gasteiger partial charge >= 0.3 is 39.5 Å². The van der Waals surface area contributed by atoms with E-state index in [4.69, 9.17) is 37.0 Å². The zero-order chi connectivity index (χ0) is 69.0. The van der Waals surface area contributed by atoms with Crippen molar-refractivity contribution in [2.75, 3.05) is 39.6 Å². The summed E-state index contributed by atoms with van der Waals surface area (Å²) in [7, 11) is -9.91. The Morgan fingerprint density at radius 2 is 0.426 bits per heavy atom. The quantitative estimate of drug-likeness (QED) is 0.0222. The highest BCUT2D eigenvalue weighted by atomic mass is 31.2. The van der Waals surface area contributed by atoms with Crippen LogP contribution >= 0.6 is 15.6 Å². The van der Waals surface area contributed by atoms with Crippen molar-refractivity contribution in [1.29, 1.82) is 0 Å². The highest BCUT2D eigenvalue weighted by molar-refractivity contribution is 7.47. The minimum Gasteiger partial charge on any atom is -0.462 e. The van der Waals surface area contributed by atoms with Crippen molar-refractivity contribution < 1.29 is 80.2 Å². The summed E-state index contributed by atoms with van der Waals surface area (Å²) in [6, 6.07) is 0. The number of aliphatic hydroxyl groups is 1. The maximum Gasteiger partial charge on any atom is 0.472 e. The molecule has 17 nitrogen and oxygen atoms in total. The van der Waals surface area contributed by atoms with Crippen LogP contribution in [0.5, 0.6) is 0 Å². The van der Waals surface area contributed by atoms with Gasteiger partial charge in [0.2, 0.25) is 0 Å². The number of esters is 4. The molecule has 0 spiro atoms. The van der Waals surface area contributed by atoms with Gasteiger partial charge in [-0.3, -0.25) is 37.3 Å². The molecule has 0 aliphatic heterocycles. The van der Waals surface area contributed by atoms with Gasteiger partial charge in [0.15, 0.2) is 12.2 Å². The SMILES string of the molecule is CCCCCCCCCCCCCCCCC(=O)OC[C@H](COP(=O)(O)OC[C@@H](O)COP(=O)(O)OC[C@@H](COC(=O)CCCCCCCCCCCCCC)OC(=O)CCCCCCCCCCCCCCCC)OC(=O)CCCCCCCCCCCCCCCC. The summed E-state index contributed by atoms with van der Waals surface area (Å²) in [5.41, 5.74) is 0. The molecule has 0 saturated carbocycles. The van der Waals surface area contributed by atoms with Crippen LogP contribution in [0.4, 0.5) is 0 Å². The number of rotatable bonds is 76. The molecule has 0 fully saturated rings. The van der Waals surface area contributed by atoms with Crippen LogP contribution in [-0.4, -0.2) is 96.7 Å². The normalized spacial score (nSPS) is 13.9. The monoisotopic (exact) mass is 1380 g/mol. The second-order valence-corrected chi connectivity index (χ2v) is 29.9. The molecule has 0 aromatic carbocycles. The topological polar surface area (TPSA) is 237 Å². The van der Waals surface area contributed by atoms with E-state index >= 15 is 0 Å². The average molecular weight is 1380 g/mol. The smallest absolute Gasteiger partial charge is 0.462 e. The minimum atomic E-state index is -4.95. The zero-order valence-corrected chi connectivity index (χ0v) is 62.7. The number of phosphoric acid groups is 2. The summed E-state index contributed by atoms with van der Waals surface area (Å²) >= 11 is 0. The van der Waals surface area contributed by atoms with Crippen LogP contribution in [0.25, 0.3) is 0 Å². The van der Waals surface area contributed by atoms with E-state index in [-0.39, 0.29) is 25.7 Å². The summed E-state index contributed by atoms with van der Waals surface area (Å²) in [5.74, 6) is -2.11. The minimum absolute atomic E-state index is 0.109. The van der Waals surface area contributed by atoms with Crippen molar-refractivity contribution in [2.24, 2.45) is 0 Å². The Balaban J connectivity index is 5.26. The third-order valence-corrected chi connectivity index (χ3v) is 19.5. The highest BCUT2D eigenvalue weighted by Crippen LogP contribution is 2.45. The predicted octanol–water partition coefficient (Wildman–Crippen LogP) is 22.2. The van der Waals surface area contributed by atoms with E-state index in [0.29, 0.717) is 25.7 Å². The van der Waals surface area contributed by atoms with Crippen LogP contribution in [0.3, 0.4) is 0 Å². The van der Waals surface area contributed by atoms with Gasteiger partial charge in [0, 0.05) is 25.7 Å². The van der Waals surface area contributed by atoms with Gasteiger partial charge in [0.25, 0.3) is 0 Å². The largest absolute Gasteiger partial charge is 0.472 e. The molecule has 0 saturated heterocycles. The van der Waals surface area contributed by atoms with Crippen LogP contribution in [0.15, 0.2) is 0 Å². The Bertz CT molecular complexity index is 1790. The first-order valence-electron chi connectivity index (χ1n) is 39.3. The van der Waals surface area contributed by atoms with Crippen molar-refractivity contribution >= 4 is 39.5 Å². The van der Waals surface area contributed by atoms with Crippen LogP contribution in [0.2, 0.25) is 0 Å². The Morgan fingerprint density at radius 1 is 0.255 bits per heavy atom. The number of carbonyl (C=O) groups is 4. The molecule has 558 valence electrons. The molecule has 0 aliphatic carbocycles. The Morgan fingerprint density at radius 3 is 0.628 bits per heavy atom. The molecule has 0 radical (unpaired) electrons. The van der Waals surface area contributed by atoms with Crippen LogP contribution in [0, 0.1) is 0 Å². The fourth-order valence-electron chi connectivity index (χ4n) is 11.6. The van der Waals surface area contributed by atoms with Gasteiger partial charge in [-0.1, -0.05) is 349 Å². The van der Waals surface area contributed by atoms with Crippen LogP contribution < -0.4 is 0 Å². The molecule has 5 atom stereocenters. The molecular formula is C75H146O17P2. The van der Waals surface area contributed by atoms with Crippen molar-refractivity contribution in [3.63, 3.8) is 0 Å². The molecular weight excluding hydrogens is 1230 g/mol. The number of phosphoric ester groups is 2. The Kier molecular flexibility index (Phi) is 68.1. The summed E-state index contributed by atoms with van der Waals surface area (Å²) in [6.07, 6.45) is 59.3. The van der Waals surface area contributed by atoms with E-state index in [9.17, 15) is 43.2 Å². The fourth-order valence-corrected chi connectivity index (χ4v) is 13.2. The van der Waals surface area contributed by atoms with Crippen molar-refractivity contribution in [3.05, 3.63) is 0 Å². The first-order valence-corrected chi connectivity index (χ1v) is 42.3. The molecule has 19 heteroatoms. The van der Waals surface area contributed by atoms with Gasteiger partial charge in [-0.25, -0.2) is 9.13 Å². The van der Waals surface area contributed by atoms with Crippen LogP contribution in [0.1, 0.15) is 400 Å². The van der Waals surface area contributed by atoms with Crippen molar-refractivity contribution in [2.45, 2.75) is 418 Å². The van der Waals surface area contributed by atoms with Crippen molar-refractivity contribution in [1.82, 2.24) is 0 Å². The lowest BCUT2D eigenvalue weighted by molar-refractivity contribution is -0.161. The maximum atomic E-state index is 13.1. The summed E-state index contributed by atoms with van der Waals surface area (Å²) < 4.78 is 68.5. The summed E-state index contributed by atoms with van der Waals surface area (Å²) in [5, 5.41) is 10.6. The molecule has 0 amide bonds. The van der Waals surface area contributed by atoms with E-state index in [0.717, 1.165) is 89.9 Å². The first kappa shape index (κ1) is 92.1. The molecule has 0 aliphatic rings. The number of aliphatic hydroxyl groups excluding tert-OH is 1. The molecule has 0 bridgehead atoms. The van der Waals surface area contributed by atoms with Gasteiger partial charge in [-0.15, -0.1) is 0 Å². The van der Waals surface area contributed by atoms with E-state index in [1.54, 1.807) is 0 Å². The van der Waals surface area contributed by atoms with E-state index in [2.05, 4.69) is 27.7 Å². The third-order valence-electron chi connectivity index (χ3n) is 17.6. The second-order valence-electron chi connectivity index (χ2n) is 27.0. The number of unbranched alkanes of at least 4 members (excludes halogenated alkanes) is 50. The van der Waals surface area contributed by atoms with Gasteiger partial charge < -0.3 is 33.8 Å². The predicted molar refractivity (Wildman–Crippen MR) is 382 cm³/mol. The molecule has 0 aromatic rings. The summed E-state index contributed by atoms with van der Waals surface area (Å²) in [6.45, 7) is 5.00. The molecule has 0 rings (SSSR count). The van der Waals surface area contributed by atoms with E-state index in [1.165, 1.54) is 231 Å². The van der Waals surface area contributed by atoms with Gasteiger partial charge in [-0.05, 0) is 25.7 Å². The Hall–Kier alpha value is -1.94. The Labute approximate surface area is 575 Å². The fraction of sp³-hybridized carbons (Fsp3) is 0.947. The van der Waals surface area contributed by atoms with Crippen LogP contribution in [-0.2, 0) is 65.4 Å². The average Bonchev–Trinajstić information content (AvgIpc) is 1.28. The first-order chi connectivity index (χ1) is 45.7. The number of ether oxygens (including phenoxy) is 4. The van der Waals surface area contributed by atoms with Crippen molar-refractivity contribution in [3.8, 4) is 0 Å². The lowest BCUT2D eigenvalue weighted by atomic mass is 10.0. The van der Waals surface area contributed by atoms with Gasteiger partial charge in [-0.2, -0.15) is 0 Å². The molecule has 0 aromatic heterocycles. The number of carbonyl (C=O) groups excluding carboxylic acids is 4. The second kappa shape index (κ2) is 69.5. The number of hydrogen-bond donors (Lipinski definition) is 3.